The first-order valence-corrected chi connectivity index (χ1v) is 11.9. The van der Waals surface area contributed by atoms with Crippen molar-refractivity contribution in [2.24, 2.45) is 5.73 Å². The van der Waals surface area contributed by atoms with Gasteiger partial charge in [-0.15, -0.1) is 0 Å². The zero-order valence-corrected chi connectivity index (χ0v) is 19.4. The van der Waals surface area contributed by atoms with Crippen LogP contribution in [-0.4, -0.2) is 44.2 Å². The van der Waals surface area contributed by atoms with Gasteiger partial charge in [-0.2, -0.15) is 0 Å². The molecule has 2 aliphatic rings. The summed E-state index contributed by atoms with van der Waals surface area (Å²) in [5, 5.41) is 1.83. The zero-order chi connectivity index (χ0) is 23.3. The molecule has 0 radical (unpaired) electrons. The van der Waals surface area contributed by atoms with Crippen molar-refractivity contribution in [3.63, 3.8) is 0 Å². The molecule has 0 bridgehead atoms. The van der Waals surface area contributed by atoms with Gasteiger partial charge in [0, 0.05) is 12.5 Å². The van der Waals surface area contributed by atoms with Crippen LogP contribution in [0.3, 0.4) is 0 Å². The maximum atomic E-state index is 13.7. The van der Waals surface area contributed by atoms with E-state index in [0.29, 0.717) is 17.1 Å². The highest BCUT2D eigenvalue weighted by atomic mass is 32.2. The van der Waals surface area contributed by atoms with Gasteiger partial charge in [-0.3, -0.25) is 0 Å². The van der Waals surface area contributed by atoms with E-state index in [1.807, 2.05) is 6.92 Å². The topological polar surface area (TPSA) is 117 Å². The summed E-state index contributed by atoms with van der Waals surface area (Å²) in [5.74, 6) is 0.538. The molecule has 1 aliphatic carbocycles. The predicted molar refractivity (Wildman–Crippen MR) is 119 cm³/mol. The van der Waals surface area contributed by atoms with E-state index in [1.165, 1.54) is 0 Å². The SMILES string of the molecule is Cc1ccc(S(=O)(=O)[C@@H]2[C@@H](c3ccc4c(c3)OCO4)[C@]2(CN)NC(=O)OC(C)(C)C)cc1. The number of nitrogens with two attached hydrogens (primary N) is 1. The van der Waals surface area contributed by atoms with Gasteiger partial charge in [0.2, 0.25) is 6.79 Å². The predicted octanol–water partition coefficient (Wildman–Crippen LogP) is 2.89. The van der Waals surface area contributed by atoms with Crippen LogP contribution in [-0.2, 0) is 14.6 Å². The summed E-state index contributed by atoms with van der Waals surface area (Å²) < 4.78 is 43.6. The van der Waals surface area contributed by atoms with E-state index in [9.17, 15) is 13.2 Å². The minimum Gasteiger partial charge on any atom is -0.454 e. The number of nitrogens with one attached hydrogen (secondary N) is 1. The minimum atomic E-state index is -3.83. The maximum absolute atomic E-state index is 13.7. The lowest BCUT2D eigenvalue weighted by Crippen LogP contribution is -2.49. The summed E-state index contributed by atoms with van der Waals surface area (Å²) in [6, 6.07) is 11.9. The van der Waals surface area contributed by atoms with Crippen LogP contribution in [0.5, 0.6) is 11.5 Å². The largest absolute Gasteiger partial charge is 0.454 e. The van der Waals surface area contributed by atoms with Crippen molar-refractivity contribution < 1.29 is 27.4 Å². The van der Waals surface area contributed by atoms with Crippen LogP contribution in [0.4, 0.5) is 4.79 Å². The van der Waals surface area contributed by atoms with Gasteiger partial charge < -0.3 is 25.3 Å². The summed E-state index contributed by atoms with van der Waals surface area (Å²) >= 11 is 0. The number of carbonyl (C=O) groups excluding carboxylic acids is 1. The Morgan fingerprint density at radius 1 is 1.16 bits per heavy atom. The van der Waals surface area contributed by atoms with Gasteiger partial charge in [-0.1, -0.05) is 23.8 Å². The highest BCUT2D eigenvalue weighted by Gasteiger charge is 2.72. The fourth-order valence-corrected chi connectivity index (χ4v) is 6.59. The van der Waals surface area contributed by atoms with Gasteiger partial charge in [0.1, 0.15) is 10.9 Å². The van der Waals surface area contributed by atoms with Crippen LogP contribution >= 0.6 is 0 Å². The summed E-state index contributed by atoms with van der Waals surface area (Å²) in [6.07, 6.45) is -0.713. The van der Waals surface area contributed by atoms with Gasteiger partial charge in [0.05, 0.1) is 10.4 Å². The standard InChI is InChI=1S/C23H28N2O6S/c1-14-5-8-16(9-6-14)32(27,28)20-19(15-7-10-17-18(11-15)30-13-29-17)23(20,12-24)25-21(26)31-22(2,3)4/h5-11,19-20H,12-13,24H2,1-4H3,(H,25,26)/t19-,20-,23+/m1/s1. The highest BCUT2D eigenvalue weighted by molar-refractivity contribution is 7.92. The molecular formula is C23H28N2O6S. The first kappa shape index (κ1) is 22.4. The Kier molecular flexibility index (Phi) is 5.37. The van der Waals surface area contributed by atoms with E-state index in [1.54, 1.807) is 63.2 Å². The molecule has 32 heavy (non-hydrogen) atoms. The average Bonchev–Trinajstić information content (AvgIpc) is 3.13. The molecular weight excluding hydrogens is 432 g/mol. The van der Waals surface area contributed by atoms with E-state index in [2.05, 4.69) is 5.32 Å². The number of carbonyl (C=O) groups is 1. The fraction of sp³-hybridized carbons (Fsp3) is 0.435. The molecule has 0 unspecified atom stereocenters. The van der Waals surface area contributed by atoms with Crippen LogP contribution in [0, 0.1) is 6.92 Å². The molecule has 1 amide bonds. The number of hydrogen-bond acceptors (Lipinski definition) is 7. The van der Waals surface area contributed by atoms with E-state index < -0.39 is 38.2 Å². The third kappa shape index (κ3) is 3.91. The van der Waals surface area contributed by atoms with Crippen molar-refractivity contribution in [3.8, 4) is 11.5 Å². The number of amides is 1. The molecule has 3 atom stereocenters. The normalized spacial score (nSPS) is 24.2. The number of fused-ring (bicyclic) bond motifs is 1. The maximum Gasteiger partial charge on any atom is 0.408 e. The molecule has 0 saturated heterocycles. The molecule has 1 saturated carbocycles. The van der Waals surface area contributed by atoms with Crippen LogP contribution in [0.2, 0.25) is 0 Å². The van der Waals surface area contributed by atoms with Crippen LogP contribution in [0.1, 0.15) is 37.8 Å². The van der Waals surface area contributed by atoms with Crippen molar-refractivity contribution in [3.05, 3.63) is 53.6 Å². The number of hydrogen-bond donors (Lipinski definition) is 2. The second-order valence-corrected chi connectivity index (χ2v) is 11.3. The minimum absolute atomic E-state index is 0.0822. The van der Waals surface area contributed by atoms with Crippen molar-refractivity contribution >= 4 is 15.9 Å². The fourth-order valence-electron chi connectivity index (χ4n) is 4.25. The van der Waals surface area contributed by atoms with Gasteiger partial charge in [0.15, 0.2) is 21.3 Å². The van der Waals surface area contributed by atoms with E-state index in [-0.39, 0.29) is 18.2 Å². The Balaban J connectivity index is 1.75. The lowest BCUT2D eigenvalue weighted by molar-refractivity contribution is 0.0497. The average molecular weight is 461 g/mol. The second-order valence-electron chi connectivity index (χ2n) is 9.24. The number of rotatable bonds is 5. The smallest absolute Gasteiger partial charge is 0.408 e. The van der Waals surface area contributed by atoms with Gasteiger partial charge in [-0.25, -0.2) is 13.2 Å². The number of ether oxygens (including phenoxy) is 3. The molecule has 8 nitrogen and oxygen atoms in total. The van der Waals surface area contributed by atoms with Gasteiger partial charge in [-0.05, 0) is 57.5 Å². The molecule has 2 aromatic rings. The summed E-state index contributed by atoms with van der Waals surface area (Å²) in [6.45, 7) is 7.13. The lowest BCUT2D eigenvalue weighted by Gasteiger charge is -2.24. The van der Waals surface area contributed by atoms with Gasteiger partial charge >= 0.3 is 6.09 Å². The van der Waals surface area contributed by atoms with E-state index in [4.69, 9.17) is 19.9 Å². The lowest BCUT2D eigenvalue weighted by atomic mass is 10.1. The monoisotopic (exact) mass is 460 g/mol. The van der Waals surface area contributed by atoms with E-state index >= 15 is 0 Å². The summed E-state index contributed by atoms with van der Waals surface area (Å²) in [4.78, 5) is 12.8. The van der Waals surface area contributed by atoms with Crippen LogP contribution in [0.25, 0.3) is 0 Å². The Morgan fingerprint density at radius 3 is 2.44 bits per heavy atom. The summed E-state index contributed by atoms with van der Waals surface area (Å²) in [7, 11) is -3.83. The zero-order valence-electron chi connectivity index (χ0n) is 18.5. The molecule has 0 aromatic heterocycles. The second kappa shape index (κ2) is 7.67. The molecule has 4 rings (SSSR count). The number of aryl methyl sites for hydroxylation is 1. The molecule has 2 aromatic carbocycles. The van der Waals surface area contributed by atoms with Crippen molar-refractivity contribution in [2.75, 3.05) is 13.3 Å². The molecule has 1 heterocycles. The Labute approximate surface area is 188 Å². The molecule has 1 aliphatic heterocycles. The number of benzene rings is 2. The first-order valence-electron chi connectivity index (χ1n) is 10.4. The first-order chi connectivity index (χ1) is 15.0. The Bertz CT molecular complexity index is 1140. The summed E-state index contributed by atoms with van der Waals surface area (Å²) in [5.41, 5.74) is 5.80. The van der Waals surface area contributed by atoms with Crippen LogP contribution in [0.15, 0.2) is 47.4 Å². The molecule has 9 heteroatoms. The number of sulfone groups is 1. The van der Waals surface area contributed by atoms with Crippen molar-refractivity contribution in [1.29, 1.82) is 0 Å². The quantitative estimate of drug-likeness (QED) is 0.705. The molecule has 3 N–H and O–H groups in total. The van der Waals surface area contributed by atoms with E-state index in [0.717, 1.165) is 5.56 Å². The number of alkyl carbamates (subject to hydrolysis) is 1. The van der Waals surface area contributed by atoms with Crippen molar-refractivity contribution in [1.82, 2.24) is 5.32 Å². The highest BCUT2D eigenvalue weighted by Crippen LogP contribution is 2.58. The van der Waals surface area contributed by atoms with Gasteiger partial charge in [0.25, 0.3) is 0 Å². The Morgan fingerprint density at radius 2 is 1.81 bits per heavy atom. The van der Waals surface area contributed by atoms with Crippen molar-refractivity contribution in [2.45, 2.75) is 54.9 Å². The third-order valence-corrected chi connectivity index (χ3v) is 8.06. The van der Waals surface area contributed by atoms with Crippen LogP contribution < -0.4 is 20.5 Å². The molecule has 1 fully saturated rings. The third-order valence-electron chi connectivity index (χ3n) is 5.77. The molecule has 172 valence electrons. The molecule has 0 spiro atoms. The Hall–Kier alpha value is -2.78.